The normalized spacial score (nSPS) is 20.3. The Hall–Kier alpha value is -3.41. The Kier molecular flexibility index (Phi) is 9.49. The Morgan fingerprint density at radius 1 is 1.02 bits per heavy atom. The van der Waals surface area contributed by atoms with Gasteiger partial charge >= 0.3 is 6.18 Å². The van der Waals surface area contributed by atoms with Gasteiger partial charge in [0.1, 0.15) is 11.4 Å². The number of carbonyl (C=O) groups is 2. The third-order valence-electron chi connectivity index (χ3n) is 7.30. The van der Waals surface area contributed by atoms with Crippen LogP contribution in [0, 0.1) is 5.92 Å². The van der Waals surface area contributed by atoms with Gasteiger partial charge in [-0.15, -0.1) is 0 Å². The van der Waals surface area contributed by atoms with Crippen LogP contribution >= 0.6 is 0 Å². The number of hydrogen-bond acceptors (Lipinski definition) is 7. The number of carbonyl (C=O) groups excluding carboxylic acids is 2. The molecule has 4 rings (SSSR count). The minimum atomic E-state index is -4.66. The Bertz CT molecular complexity index is 1170. The monoisotopic (exact) mass is 561 g/mol. The highest BCUT2D eigenvalue weighted by molar-refractivity contribution is 5.94. The zero-order valence-electron chi connectivity index (χ0n) is 23.2. The molecule has 3 N–H and O–H groups in total. The minimum absolute atomic E-state index is 0.00940. The van der Waals surface area contributed by atoms with Gasteiger partial charge in [0, 0.05) is 62.1 Å². The summed E-state index contributed by atoms with van der Waals surface area (Å²) >= 11 is 0. The maximum Gasteiger partial charge on any atom is 0.421 e. The van der Waals surface area contributed by atoms with Crippen LogP contribution in [-0.2, 0) is 11.0 Å². The van der Waals surface area contributed by atoms with Gasteiger partial charge in [-0.25, -0.2) is 4.98 Å². The molecule has 1 saturated carbocycles. The molecule has 2 amide bonds. The van der Waals surface area contributed by atoms with E-state index in [0.29, 0.717) is 43.6 Å². The van der Waals surface area contributed by atoms with Gasteiger partial charge in [0.25, 0.3) is 5.91 Å². The van der Waals surface area contributed by atoms with Crippen molar-refractivity contribution < 1.29 is 22.8 Å². The number of anilines is 3. The van der Waals surface area contributed by atoms with E-state index in [1.807, 2.05) is 25.8 Å². The van der Waals surface area contributed by atoms with Crippen molar-refractivity contribution in [2.45, 2.75) is 64.2 Å². The molecular weight excluding hydrogens is 523 g/mol. The first-order chi connectivity index (χ1) is 19.0. The summed E-state index contributed by atoms with van der Waals surface area (Å²) in [5.74, 6) is -0.322. The summed E-state index contributed by atoms with van der Waals surface area (Å²) < 4.78 is 41.6. The molecule has 0 radical (unpaired) electrons. The van der Waals surface area contributed by atoms with E-state index in [1.54, 1.807) is 24.3 Å². The standard InChI is InChI=1S/C28H38F3N7O2/c1-18(2)16-24(39)34-22-6-4-5-7-23(22)35-25-21(28(29,30)31)17-32-27(36-25)33-20-10-8-19(9-11-20)26(40)38-14-12-37(3)13-15-38/h8-11,17-18,22-23H,4-7,12-16H2,1-3H3,(H,34,39)(H2,32,33,35,36)/t22-,23+/m0/s1. The minimum Gasteiger partial charge on any atom is -0.365 e. The second-order valence-electron chi connectivity index (χ2n) is 11.1. The first kappa shape index (κ1) is 29.6. The first-order valence-electron chi connectivity index (χ1n) is 13.8. The highest BCUT2D eigenvalue weighted by Crippen LogP contribution is 2.35. The summed E-state index contributed by atoms with van der Waals surface area (Å²) in [4.78, 5) is 37.3. The van der Waals surface area contributed by atoms with E-state index in [1.165, 1.54) is 0 Å². The highest BCUT2D eigenvalue weighted by Gasteiger charge is 2.37. The number of piperazine rings is 1. The number of aromatic nitrogens is 2. The van der Waals surface area contributed by atoms with Crippen LogP contribution in [0.3, 0.4) is 0 Å². The van der Waals surface area contributed by atoms with Gasteiger partial charge < -0.3 is 25.8 Å². The first-order valence-corrected chi connectivity index (χ1v) is 13.8. The molecule has 218 valence electrons. The van der Waals surface area contributed by atoms with Crippen LogP contribution in [0.15, 0.2) is 30.5 Å². The number of amides is 2. The van der Waals surface area contributed by atoms with Crippen molar-refractivity contribution in [1.29, 1.82) is 0 Å². The molecule has 0 bridgehead atoms. The Labute approximate surface area is 232 Å². The third kappa shape index (κ3) is 7.83. The van der Waals surface area contributed by atoms with Crippen molar-refractivity contribution in [2.24, 2.45) is 5.92 Å². The fourth-order valence-electron chi connectivity index (χ4n) is 5.07. The van der Waals surface area contributed by atoms with Crippen LogP contribution in [0.4, 0.5) is 30.6 Å². The number of hydrogen-bond donors (Lipinski definition) is 3. The molecule has 2 aromatic rings. The van der Waals surface area contributed by atoms with Gasteiger partial charge in [-0.2, -0.15) is 18.2 Å². The molecule has 12 heteroatoms. The molecule has 1 aromatic carbocycles. The van der Waals surface area contributed by atoms with Crippen LogP contribution in [0.25, 0.3) is 0 Å². The van der Waals surface area contributed by atoms with Crippen LogP contribution < -0.4 is 16.0 Å². The second-order valence-corrected chi connectivity index (χ2v) is 11.1. The SMILES string of the molecule is CC(C)CC(=O)N[C@H]1CCCC[C@H]1Nc1nc(Nc2ccc(C(=O)N3CCN(C)CC3)cc2)ncc1C(F)(F)F. The van der Waals surface area contributed by atoms with Gasteiger partial charge in [-0.05, 0) is 50.1 Å². The quantitative estimate of drug-likeness (QED) is 0.436. The molecular formula is C28H38F3N7O2. The number of halogens is 3. The molecule has 1 aromatic heterocycles. The van der Waals surface area contributed by atoms with Crippen LogP contribution in [0.2, 0.25) is 0 Å². The van der Waals surface area contributed by atoms with Crippen molar-refractivity contribution in [3.63, 3.8) is 0 Å². The lowest BCUT2D eigenvalue weighted by atomic mass is 9.90. The van der Waals surface area contributed by atoms with Crippen molar-refractivity contribution in [3.8, 4) is 0 Å². The number of likely N-dealkylation sites (N-methyl/N-ethyl adjacent to an activating group) is 1. The molecule has 1 saturated heterocycles. The molecule has 2 aliphatic rings. The molecule has 2 heterocycles. The van der Waals surface area contributed by atoms with E-state index >= 15 is 0 Å². The largest absolute Gasteiger partial charge is 0.421 e. The summed E-state index contributed by atoms with van der Waals surface area (Å²) in [6, 6.07) is 6.03. The Morgan fingerprint density at radius 3 is 2.30 bits per heavy atom. The molecule has 9 nitrogen and oxygen atoms in total. The van der Waals surface area contributed by atoms with Gasteiger partial charge in [-0.1, -0.05) is 26.7 Å². The van der Waals surface area contributed by atoms with E-state index in [-0.39, 0.29) is 35.5 Å². The highest BCUT2D eigenvalue weighted by atomic mass is 19.4. The summed E-state index contributed by atoms with van der Waals surface area (Å²) in [6.45, 7) is 6.85. The zero-order chi connectivity index (χ0) is 28.9. The van der Waals surface area contributed by atoms with Gasteiger partial charge in [-0.3, -0.25) is 9.59 Å². The van der Waals surface area contributed by atoms with Crippen molar-refractivity contribution in [3.05, 3.63) is 41.6 Å². The number of alkyl halides is 3. The van der Waals surface area contributed by atoms with Gasteiger partial charge in [0.15, 0.2) is 0 Å². The van der Waals surface area contributed by atoms with Crippen LogP contribution in [0.1, 0.15) is 61.9 Å². The smallest absolute Gasteiger partial charge is 0.365 e. The average molecular weight is 562 g/mol. The molecule has 40 heavy (non-hydrogen) atoms. The van der Waals surface area contributed by atoms with Crippen LogP contribution in [0.5, 0.6) is 0 Å². The molecule has 0 spiro atoms. The maximum absolute atomic E-state index is 13.9. The lowest BCUT2D eigenvalue weighted by molar-refractivity contribution is -0.137. The number of rotatable bonds is 8. The van der Waals surface area contributed by atoms with E-state index in [4.69, 9.17) is 0 Å². The molecule has 1 aliphatic carbocycles. The van der Waals surface area contributed by atoms with Crippen molar-refractivity contribution in [1.82, 2.24) is 25.1 Å². The number of nitrogens with one attached hydrogen (secondary N) is 3. The summed E-state index contributed by atoms with van der Waals surface area (Å²) in [7, 11) is 2.02. The Morgan fingerprint density at radius 2 is 1.68 bits per heavy atom. The maximum atomic E-state index is 13.9. The van der Waals surface area contributed by atoms with E-state index < -0.39 is 17.8 Å². The fourth-order valence-corrected chi connectivity index (χ4v) is 5.07. The van der Waals surface area contributed by atoms with E-state index in [9.17, 15) is 22.8 Å². The summed E-state index contributed by atoms with van der Waals surface area (Å²) in [6.07, 6.45) is -0.517. The van der Waals surface area contributed by atoms with E-state index in [2.05, 4.69) is 30.8 Å². The summed E-state index contributed by atoms with van der Waals surface area (Å²) in [5.41, 5.74) is 0.106. The fraction of sp³-hybridized carbons (Fsp3) is 0.571. The lowest BCUT2D eigenvalue weighted by Gasteiger charge is -2.34. The number of benzene rings is 1. The van der Waals surface area contributed by atoms with E-state index in [0.717, 1.165) is 32.1 Å². The second kappa shape index (κ2) is 12.8. The third-order valence-corrected chi connectivity index (χ3v) is 7.30. The average Bonchev–Trinajstić information content (AvgIpc) is 2.89. The molecule has 2 atom stereocenters. The predicted molar refractivity (Wildman–Crippen MR) is 147 cm³/mol. The molecule has 0 unspecified atom stereocenters. The topological polar surface area (TPSA) is 102 Å². The molecule has 1 aliphatic heterocycles. The van der Waals surface area contributed by atoms with Crippen molar-refractivity contribution in [2.75, 3.05) is 43.9 Å². The van der Waals surface area contributed by atoms with Crippen LogP contribution in [-0.4, -0.2) is 76.9 Å². The number of nitrogens with zero attached hydrogens (tertiary/aromatic N) is 4. The predicted octanol–water partition coefficient (Wildman–Crippen LogP) is 4.51. The Balaban J connectivity index is 1.48. The van der Waals surface area contributed by atoms with Crippen molar-refractivity contribution >= 4 is 29.3 Å². The lowest BCUT2D eigenvalue weighted by Crippen LogP contribution is -2.49. The molecule has 2 fully saturated rings. The zero-order valence-corrected chi connectivity index (χ0v) is 23.2. The van der Waals surface area contributed by atoms with Gasteiger partial charge in [0.2, 0.25) is 11.9 Å². The summed E-state index contributed by atoms with van der Waals surface area (Å²) in [5, 5.41) is 8.92. The van der Waals surface area contributed by atoms with Gasteiger partial charge in [0.05, 0.1) is 0 Å².